The Morgan fingerprint density at radius 2 is 2.04 bits per heavy atom. The summed E-state index contributed by atoms with van der Waals surface area (Å²) in [6.45, 7) is 6.80. The molecule has 0 fully saturated rings. The Bertz CT molecular complexity index is 582. The Hall–Kier alpha value is -1.72. The molecule has 0 atom stereocenters. The van der Waals surface area contributed by atoms with Crippen LogP contribution in [0.5, 0.6) is 0 Å². The number of rotatable bonds is 9. The number of hydrogen-bond donors (Lipinski definition) is 1. The van der Waals surface area contributed by atoms with Gasteiger partial charge in [-0.15, -0.1) is 11.8 Å². The second kappa shape index (κ2) is 9.43. The van der Waals surface area contributed by atoms with Gasteiger partial charge in [0.2, 0.25) is 5.91 Å². The van der Waals surface area contributed by atoms with Crippen LogP contribution in [0.2, 0.25) is 0 Å². The van der Waals surface area contributed by atoms with E-state index in [1.54, 1.807) is 24.3 Å². The standard InChI is InChI=1S/C18H24N2O2S/c1-3-20(12-16-8-10-22-14-16)13-18(21)19-9-11-23-17-6-4-15(2)5-7-17/h4-8,10,14H,3,9,11-13H2,1-2H3,(H,19,21). The summed E-state index contributed by atoms with van der Waals surface area (Å²) in [5.74, 6) is 0.947. The third kappa shape index (κ3) is 6.50. The highest BCUT2D eigenvalue weighted by atomic mass is 32.2. The Balaban J connectivity index is 1.64. The van der Waals surface area contributed by atoms with Crippen molar-refractivity contribution in [1.29, 1.82) is 0 Å². The predicted octanol–water partition coefficient (Wildman–Crippen LogP) is 3.32. The predicted molar refractivity (Wildman–Crippen MR) is 94.6 cm³/mol. The lowest BCUT2D eigenvalue weighted by atomic mass is 10.2. The van der Waals surface area contributed by atoms with E-state index >= 15 is 0 Å². The van der Waals surface area contributed by atoms with Crippen LogP contribution in [0.15, 0.2) is 52.2 Å². The molecule has 1 aromatic heterocycles. The van der Waals surface area contributed by atoms with Crippen LogP contribution in [0.25, 0.3) is 0 Å². The van der Waals surface area contributed by atoms with Gasteiger partial charge < -0.3 is 9.73 Å². The van der Waals surface area contributed by atoms with Crippen LogP contribution in [-0.4, -0.2) is 36.2 Å². The summed E-state index contributed by atoms with van der Waals surface area (Å²) < 4.78 is 5.06. The fourth-order valence-electron chi connectivity index (χ4n) is 2.17. The molecule has 1 heterocycles. The molecule has 4 nitrogen and oxygen atoms in total. The Morgan fingerprint density at radius 3 is 2.70 bits per heavy atom. The van der Waals surface area contributed by atoms with Gasteiger partial charge >= 0.3 is 0 Å². The highest BCUT2D eigenvalue weighted by Gasteiger charge is 2.09. The number of carbonyl (C=O) groups is 1. The summed E-state index contributed by atoms with van der Waals surface area (Å²) in [6, 6.07) is 10.4. The summed E-state index contributed by atoms with van der Waals surface area (Å²) in [5.41, 5.74) is 2.36. The molecule has 0 aliphatic rings. The smallest absolute Gasteiger partial charge is 0.234 e. The van der Waals surface area contributed by atoms with Crippen molar-refractivity contribution in [2.45, 2.75) is 25.3 Å². The van der Waals surface area contributed by atoms with Gasteiger partial charge in [-0.1, -0.05) is 24.6 Å². The number of hydrogen-bond acceptors (Lipinski definition) is 4. The topological polar surface area (TPSA) is 45.5 Å². The Labute approximate surface area is 142 Å². The minimum atomic E-state index is 0.0693. The maximum absolute atomic E-state index is 12.0. The van der Waals surface area contributed by atoms with Gasteiger partial charge in [0, 0.05) is 29.3 Å². The van der Waals surface area contributed by atoms with E-state index in [2.05, 4.69) is 48.3 Å². The molecule has 0 unspecified atom stereocenters. The Morgan fingerprint density at radius 1 is 1.26 bits per heavy atom. The quantitative estimate of drug-likeness (QED) is 0.565. The molecular weight excluding hydrogens is 308 g/mol. The van der Waals surface area contributed by atoms with Gasteiger partial charge in [0.15, 0.2) is 0 Å². The fraction of sp³-hybridized carbons (Fsp3) is 0.389. The van der Waals surface area contributed by atoms with Crippen molar-refractivity contribution in [2.24, 2.45) is 0 Å². The van der Waals surface area contributed by atoms with Gasteiger partial charge in [-0.2, -0.15) is 0 Å². The average Bonchev–Trinajstić information content (AvgIpc) is 3.05. The van der Waals surface area contributed by atoms with Crippen LogP contribution < -0.4 is 5.32 Å². The fourth-order valence-corrected chi connectivity index (χ4v) is 2.94. The molecule has 1 aromatic carbocycles. The zero-order chi connectivity index (χ0) is 16.5. The lowest BCUT2D eigenvalue weighted by molar-refractivity contribution is -0.122. The molecule has 0 saturated heterocycles. The summed E-state index contributed by atoms with van der Waals surface area (Å²) in [4.78, 5) is 15.3. The minimum Gasteiger partial charge on any atom is -0.472 e. The largest absolute Gasteiger partial charge is 0.472 e. The molecule has 0 aliphatic carbocycles. The second-order valence-corrected chi connectivity index (χ2v) is 6.61. The third-order valence-electron chi connectivity index (χ3n) is 3.51. The van der Waals surface area contributed by atoms with E-state index in [0.29, 0.717) is 13.1 Å². The molecule has 0 saturated carbocycles. The number of thioether (sulfide) groups is 1. The van der Waals surface area contributed by atoms with Crippen LogP contribution in [0, 0.1) is 6.92 Å². The molecule has 1 N–H and O–H groups in total. The summed E-state index contributed by atoms with van der Waals surface area (Å²) in [7, 11) is 0. The third-order valence-corrected chi connectivity index (χ3v) is 4.53. The SMILES string of the molecule is CCN(CC(=O)NCCSc1ccc(C)cc1)Cc1ccoc1. The molecule has 0 radical (unpaired) electrons. The monoisotopic (exact) mass is 332 g/mol. The van der Waals surface area contributed by atoms with Gasteiger partial charge in [-0.25, -0.2) is 0 Å². The van der Waals surface area contributed by atoms with Crippen molar-refractivity contribution < 1.29 is 9.21 Å². The molecular formula is C18H24N2O2S. The van der Waals surface area contributed by atoms with Gasteiger partial charge in [0.25, 0.3) is 0 Å². The van der Waals surface area contributed by atoms with Crippen molar-refractivity contribution in [2.75, 3.05) is 25.4 Å². The van der Waals surface area contributed by atoms with E-state index in [-0.39, 0.29) is 5.91 Å². The van der Waals surface area contributed by atoms with Crippen LogP contribution >= 0.6 is 11.8 Å². The maximum Gasteiger partial charge on any atom is 0.234 e. The van der Waals surface area contributed by atoms with Crippen molar-refractivity contribution in [3.8, 4) is 0 Å². The second-order valence-electron chi connectivity index (χ2n) is 5.45. The molecule has 0 spiro atoms. The first-order chi connectivity index (χ1) is 11.2. The molecule has 23 heavy (non-hydrogen) atoms. The summed E-state index contributed by atoms with van der Waals surface area (Å²) >= 11 is 1.76. The number of furan rings is 1. The molecule has 2 rings (SSSR count). The maximum atomic E-state index is 12.0. The summed E-state index contributed by atoms with van der Waals surface area (Å²) in [6.07, 6.45) is 3.38. The van der Waals surface area contributed by atoms with Gasteiger partial charge in [0.05, 0.1) is 19.1 Å². The highest BCUT2D eigenvalue weighted by Crippen LogP contribution is 2.17. The molecule has 124 valence electrons. The first-order valence-corrected chi connectivity index (χ1v) is 8.85. The van der Waals surface area contributed by atoms with Gasteiger partial charge in [0.1, 0.15) is 0 Å². The van der Waals surface area contributed by atoms with Gasteiger partial charge in [-0.05, 0) is 31.7 Å². The van der Waals surface area contributed by atoms with Crippen molar-refractivity contribution >= 4 is 17.7 Å². The van der Waals surface area contributed by atoms with Crippen LogP contribution in [0.3, 0.4) is 0 Å². The number of likely N-dealkylation sites (N-methyl/N-ethyl adjacent to an activating group) is 1. The van der Waals surface area contributed by atoms with Crippen LogP contribution in [0.4, 0.5) is 0 Å². The van der Waals surface area contributed by atoms with E-state index in [9.17, 15) is 4.79 Å². The van der Waals surface area contributed by atoms with Gasteiger partial charge in [-0.3, -0.25) is 9.69 Å². The number of aryl methyl sites for hydroxylation is 1. The number of nitrogens with zero attached hydrogens (tertiary/aromatic N) is 1. The summed E-state index contributed by atoms with van der Waals surface area (Å²) in [5, 5.41) is 2.98. The zero-order valence-corrected chi connectivity index (χ0v) is 14.6. The first-order valence-electron chi connectivity index (χ1n) is 7.87. The molecule has 5 heteroatoms. The zero-order valence-electron chi connectivity index (χ0n) is 13.7. The molecule has 1 amide bonds. The first kappa shape index (κ1) is 17.6. The van der Waals surface area contributed by atoms with Crippen molar-refractivity contribution in [3.63, 3.8) is 0 Å². The van der Waals surface area contributed by atoms with E-state index in [0.717, 1.165) is 24.4 Å². The molecule has 2 aromatic rings. The van der Waals surface area contributed by atoms with Crippen LogP contribution in [-0.2, 0) is 11.3 Å². The lowest BCUT2D eigenvalue weighted by Gasteiger charge is -2.18. The van der Waals surface area contributed by atoms with E-state index in [1.165, 1.54) is 10.5 Å². The van der Waals surface area contributed by atoms with E-state index in [1.807, 2.05) is 6.07 Å². The highest BCUT2D eigenvalue weighted by molar-refractivity contribution is 7.99. The van der Waals surface area contributed by atoms with Crippen molar-refractivity contribution in [3.05, 3.63) is 54.0 Å². The Kier molecular flexibility index (Phi) is 7.23. The molecule has 0 aliphatic heterocycles. The minimum absolute atomic E-state index is 0.0693. The van der Waals surface area contributed by atoms with E-state index < -0.39 is 0 Å². The number of amides is 1. The van der Waals surface area contributed by atoms with Crippen LogP contribution in [0.1, 0.15) is 18.1 Å². The van der Waals surface area contributed by atoms with E-state index in [4.69, 9.17) is 4.42 Å². The average molecular weight is 332 g/mol. The number of nitrogens with one attached hydrogen (secondary N) is 1. The number of benzene rings is 1. The van der Waals surface area contributed by atoms with Crippen molar-refractivity contribution in [1.82, 2.24) is 10.2 Å². The molecule has 0 bridgehead atoms. The lowest BCUT2D eigenvalue weighted by Crippen LogP contribution is -2.37. The number of carbonyl (C=O) groups excluding carboxylic acids is 1. The normalized spacial score (nSPS) is 10.9.